The average Bonchev–Trinajstić information content (AvgIpc) is 3.00. The lowest BCUT2D eigenvalue weighted by molar-refractivity contribution is 0.148. The van der Waals surface area contributed by atoms with E-state index in [1.54, 1.807) is 0 Å². The summed E-state index contributed by atoms with van der Waals surface area (Å²) in [6, 6.07) is 0.258. The molecule has 2 saturated heterocycles. The highest BCUT2D eigenvalue weighted by atomic mass is 32.2. The number of hydrogen-bond acceptors (Lipinski definition) is 5. The zero-order chi connectivity index (χ0) is 15.1. The molecule has 0 saturated carbocycles. The van der Waals surface area contributed by atoms with Gasteiger partial charge in [0.2, 0.25) is 0 Å². The summed E-state index contributed by atoms with van der Waals surface area (Å²) in [5, 5.41) is 0. The van der Waals surface area contributed by atoms with Gasteiger partial charge in [-0.3, -0.25) is 9.62 Å². The summed E-state index contributed by atoms with van der Waals surface area (Å²) in [4.78, 5) is 13.6. The lowest BCUT2D eigenvalue weighted by atomic mass is 10.0. The van der Waals surface area contributed by atoms with Crippen molar-refractivity contribution in [1.29, 1.82) is 0 Å². The number of ether oxygens (including phenoxy) is 1. The Morgan fingerprint density at radius 3 is 2.86 bits per heavy atom. The van der Waals surface area contributed by atoms with Crippen molar-refractivity contribution in [1.82, 2.24) is 14.3 Å². The molecule has 5 nitrogen and oxygen atoms in total. The summed E-state index contributed by atoms with van der Waals surface area (Å²) in [5.41, 5.74) is 0. The van der Waals surface area contributed by atoms with Gasteiger partial charge in [0.1, 0.15) is 6.61 Å². The maximum absolute atomic E-state index is 11.7. The van der Waals surface area contributed by atoms with E-state index in [2.05, 4.69) is 23.3 Å². The zero-order valence-corrected chi connectivity index (χ0v) is 14.1. The molecule has 0 radical (unpaired) electrons. The van der Waals surface area contributed by atoms with Crippen molar-refractivity contribution in [3.8, 4) is 0 Å². The molecular weight excluding hydrogens is 286 g/mol. The van der Waals surface area contributed by atoms with Gasteiger partial charge in [-0.2, -0.15) is 0 Å². The van der Waals surface area contributed by atoms with Crippen LogP contribution in [-0.4, -0.2) is 36.4 Å². The standard InChI is InChI=1S/C15H29N3O2S/c1-3-4-5-6-7-8-9-16-21-17-14-10-12(2)13-11-20-15(19)18(13)14/h12-14,16-17H,3-11H2,1-2H3/t12-,13?,14?/m0/s1. The van der Waals surface area contributed by atoms with Gasteiger partial charge in [-0.05, 0) is 18.8 Å². The monoisotopic (exact) mass is 315 g/mol. The Balaban J connectivity index is 1.52. The fourth-order valence-corrected chi connectivity index (χ4v) is 3.79. The third kappa shape index (κ3) is 4.76. The van der Waals surface area contributed by atoms with Crippen LogP contribution in [0.5, 0.6) is 0 Å². The van der Waals surface area contributed by atoms with E-state index in [-0.39, 0.29) is 18.3 Å². The highest BCUT2D eigenvalue weighted by Crippen LogP contribution is 2.33. The van der Waals surface area contributed by atoms with Crippen LogP contribution in [0.4, 0.5) is 4.79 Å². The Morgan fingerprint density at radius 1 is 1.29 bits per heavy atom. The molecule has 1 amide bonds. The second-order valence-corrected chi connectivity index (χ2v) is 6.89. The molecule has 2 heterocycles. The zero-order valence-electron chi connectivity index (χ0n) is 13.3. The van der Waals surface area contributed by atoms with Gasteiger partial charge in [-0.15, -0.1) is 0 Å². The molecule has 2 unspecified atom stereocenters. The van der Waals surface area contributed by atoms with Crippen LogP contribution in [0.3, 0.4) is 0 Å². The number of hydrogen-bond donors (Lipinski definition) is 2. The number of nitrogens with zero attached hydrogens (tertiary/aromatic N) is 1. The molecule has 2 N–H and O–H groups in total. The van der Waals surface area contributed by atoms with Crippen LogP contribution in [0.15, 0.2) is 0 Å². The van der Waals surface area contributed by atoms with Gasteiger partial charge in [0.25, 0.3) is 0 Å². The van der Waals surface area contributed by atoms with Crippen LogP contribution in [0.2, 0.25) is 0 Å². The van der Waals surface area contributed by atoms with Crippen LogP contribution in [0.25, 0.3) is 0 Å². The van der Waals surface area contributed by atoms with E-state index in [0.717, 1.165) is 13.0 Å². The van der Waals surface area contributed by atoms with E-state index in [4.69, 9.17) is 4.74 Å². The van der Waals surface area contributed by atoms with Crippen LogP contribution >= 0.6 is 12.1 Å². The van der Waals surface area contributed by atoms with E-state index in [1.165, 1.54) is 50.7 Å². The first-order valence-corrected chi connectivity index (χ1v) is 9.15. The first-order chi connectivity index (χ1) is 10.2. The molecule has 0 aliphatic carbocycles. The lowest BCUT2D eigenvalue weighted by Crippen LogP contribution is -2.42. The van der Waals surface area contributed by atoms with Gasteiger partial charge in [0.05, 0.1) is 12.2 Å². The number of rotatable bonds is 10. The molecule has 2 rings (SSSR count). The van der Waals surface area contributed by atoms with E-state index in [9.17, 15) is 4.79 Å². The normalized spacial score (nSPS) is 28.0. The van der Waals surface area contributed by atoms with Gasteiger partial charge in [-0.25, -0.2) is 9.52 Å². The van der Waals surface area contributed by atoms with Crippen LogP contribution in [-0.2, 0) is 4.74 Å². The molecular formula is C15H29N3O2S. The molecule has 3 atom stereocenters. The Kier molecular flexibility index (Phi) is 7.13. The molecule has 2 aliphatic heterocycles. The molecule has 2 aliphatic rings. The minimum absolute atomic E-state index is 0.0991. The van der Waals surface area contributed by atoms with Crippen LogP contribution < -0.4 is 9.44 Å². The Bertz CT molecular complexity index is 330. The van der Waals surface area contributed by atoms with Crippen LogP contribution in [0.1, 0.15) is 58.8 Å². The van der Waals surface area contributed by atoms with Crippen molar-refractivity contribution in [2.24, 2.45) is 5.92 Å². The van der Waals surface area contributed by atoms with Gasteiger partial charge in [0.15, 0.2) is 0 Å². The minimum atomic E-state index is -0.168. The minimum Gasteiger partial charge on any atom is -0.447 e. The molecule has 6 heteroatoms. The van der Waals surface area contributed by atoms with Crippen LogP contribution in [0, 0.1) is 5.92 Å². The predicted octanol–water partition coefficient (Wildman–Crippen LogP) is 3.28. The molecule has 0 aromatic carbocycles. The first-order valence-electron chi connectivity index (χ1n) is 8.33. The lowest BCUT2D eigenvalue weighted by Gasteiger charge is -2.21. The fraction of sp³-hybridized carbons (Fsp3) is 0.933. The van der Waals surface area contributed by atoms with Crippen molar-refractivity contribution in [2.45, 2.75) is 71.0 Å². The summed E-state index contributed by atoms with van der Waals surface area (Å²) in [7, 11) is 0. The van der Waals surface area contributed by atoms with Gasteiger partial charge >= 0.3 is 6.09 Å². The third-order valence-electron chi connectivity index (χ3n) is 4.43. The molecule has 0 aromatic heterocycles. The quantitative estimate of drug-likeness (QED) is 0.479. The second kappa shape index (κ2) is 8.86. The molecule has 0 bridgehead atoms. The van der Waals surface area contributed by atoms with Gasteiger partial charge in [-0.1, -0.05) is 46.0 Å². The highest BCUT2D eigenvalue weighted by molar-refractivity contribution is 7.95. The number of carbonyl (C=O) groups excluding carboxylic acids is 1. The summed E-state index contributed by atoms with van der Waals surface area (Å²) >= 11 is 1.52. The second-order valence-electron chi connectivity index (χ2n) is 6.16. The summed E-state index contributed by atoms with van der Waals surface area (Å²) in [6.45, 7) is 6.00. The highest BCUT2D eigenvalue weighted by Gasteiger charge is 2.47. The third-order valence-corrected chi connectivity index (χ3v) is 5.17. The molecule has 0 aromatic rings. The van der Waals surface area contributed by atoms with E-state index in [1.807, 2.05) is 4.90 Å². The Hall–Kier alpha value is -0.460. The summed E-state index contributed by atoms with van der Waals surface area (Å²) in [5.74, 6) is 0.508. The molecule has 21 heavy (non-hydrogen) atoms. The van der Waals surface area contributed by atoms with Crippen molar-refractivity contribution in [3.63, 3.8) is 0 Å². The number of fused-ring (bicyclic) bond motifs is 1. The first kappa shape index (κ1) is 16.9. The fourth-order valence-electron chi connectivity index (χ4n) is 3.11. The molecule has 122 valence electrons. The maximum atomic E-state index is 11.7. The largest absolute Gasteiger partial charge is 0.447 e. The summed E-state index contributed by atoms with van der Waals surface area (Å²) in [6.07, 6.45) is 8.82. The smallest absolute Gasteiger partial charge is 0.411 e. The number of amides is 1. The van der Waals surface area contributed by atoms with Crippen molar-refractivity contribution in [2.75, 3.05) is 13.2 Å². The SMILES string of the molecule is CCCCCCCCNSNC1C[C@H](C)C2COC(=O)N12. The van der Waals surface area contributed by atoms with Gasteiger partial charge < -0.3 is 4.74 Å². The van der Waals surface area contributed by atoms with Crippen molar-refractivity contribution in [3.05, 3.63) is 0 Å². The Labute approximate surface area is 132 Å². The Morgan fingerprint density at radius 2 is 2.05 bits per heavy atom. The summed E-state index contributed by atoms with van der Waals surface area (Å²) < 4.78 is 11.8. The maximum Gasteiger partial charge on any atom is 0.411 e. The number of carbonyl (C=O) groups is 1. The number of nitrogens with one attached hydrogen (secondary N) is 2. The molecule has 2 fully saturated rings. The predicted molar refractivity (Wildman–Crippen MR) is 86.6 cm³/mol. The number of cyclic esters (lactones) is 1. The number of unbranched alkanes of at least 4 members (excludes halogenated alkanes) is 5. The average molecular weight is 315 g/mol. The van der Waals surface area contributed by atoms with E-state index in [0.29, 0.717) is 12.5 Å². The van der Waals surface area contributed by atoms with E-state index >= 15 is 0 Å². The topological polar surface area (TPSA) is 53.6 Å². The van der Waals surface area contributed by atoms with Crippen molar-refractivity contribution >= 4 is 18.2 Å². The molecule has 0 spiro atoms. The van der Waals surface area contributed by atoms with Crippen molar-refractivity contribution < 1.29 is 9.53 Å². The van der Waals surface area contributed by atoms with E-state index < -0.39 is 0 Å². The van der Waals surface area contributed by atoms with Gasteiger partial charge in [0, 0.05) is 18.7 Å².